The van der Waals surface area contributed by atoms with Crippen molar-refractivity contribution in [2.24, 2.45) is 0 Å². The van der Waals surface area contributed by atoms with Gasteiger partial charge in [-0.2, -0.15) is 0 Å². The number of ether oxygens (including phenoxy) is 2. The summed E-state index contributed by atoms with van der Waals surface area (Å²) in [7, 11) is 3.28. The first kappa shape index (κ1) is 14.2. The summed E-state index contributed by atoms with van der Waals surface area (Å²) in [5.74, 6) is -0.103. The van der Waals surface area contributed by atoms with E-state index in [1.165, 1.54) is 6.20 Å². The summed E-state index contributed by atoms with van der Waals surface area (Å²) in [6.45, 7) is 1.05. The third-order valence-corrected chi connectivity index (χ3v) is 3.63. The molecule has 0 bridgehead atoms. The molecule has 0 unspecified atom stereocenters. The zero-order chi connectivity index (χ0) is 13.8. The van der Waals surface area contributed by atoms with E-state index in [2.05, 4.69) is 4.98 Å². The van der Waals surface area contributed by atoms with Gasteiger partial charge in [0, 0.05) is 33.2 Å². The second-order valence-corrected chi connectivity index (χ2v) is 4.92. The number of nitrogens with zero attached hydrogens (tertiary/aromatic N) is 2. The highest BCUT2D eigenvalue weighted by Gasteiger charge is 2.36. The van der Waals surface area contributed by atoms with E-state index in [-0.39, 0.29) is 18.1 Å². The Labute approximate surface area is 117 Å². The Bertz CT molecular complexity index is 455. The molecule has 1 aromatic heterocycles. The van der Waals surface area contributed by atoms with E-state index in [1.807, 2.05) is 0 Å². The van der Waals surface area contributed by atoms with Crippen molar-refractivity contribution < 1.29 is 14.3 Å². The van der Waals surface area contributed by atoms with Crippen LogP contribution in [0.4, 0.5) is 0 Å². The predicted octanol–water partition coefficient (Wildman–Crippen LogP) is 1.61. The molecule has 6 heteroatoms. The smallest absolute Gasteiger partial charge is 0.255 e. The molecule has 0 N–H and O–H groups in total. The summed E-state index contributed by atoms with van der Waals surface area (Å²) >= 11 is 6.02. The molecule has 1 aliphatic heterocycles. The van der Waals surface area contributed by atoms with E-state index in [4.69, 9.17) is 21.1 Å². The number of hydrogen-bond donors (Lipinski definition) is 0. The van der Waals surface area contributed by atoms with Crippen LogP contribution < -0.4 is 0 Å². The minimum Gasteiger partial charge on any atom is -0.383 e. The molecule has 2 heterocycles. The van der Waals surface area contributed by atoms with Gasteiger partial charge in [0.15, 0.2) is 0 Å². The predicted molar refractivity (Wildman–Crippen MR) is 71.4 cm³/mol. The van der Waals surface area contributed by atoms with E-state index in [0.717, 1.165) is 6.42 Å². The summed E-state index contributed by atoms with van der Waals surface area (Å²) in [5.41, 5.74) is 0.467. The van der Waals surface area contributed by atoms with Crippen molar-refractivity contribution in [3.8, 4) is 0 Å². The van der Waals surface area contributed by atoms with Gasteiger partial charge < -0.3 is 14.4 Å². The van der Waals surface area contributed by atoms with E-state index >= 15 is 0 Å². The lowest BCUT2D eigenvalue weighted by Gasteiger charge is -2.24. The standard InChI is InChI=1S/C13H17ClN2O3/c1-18-8-9-5-10(19-2)7-16(9)13(17)11-3-4-15-6-12(11)14/h3-4,6,9-10H,5,7-8H2,1-2H3/t9-,10+/m0/s1. The summed E-state index contributed by atoms with van der Waals surface area (Å²) < 4.78 is 10.5. The third kappa shape index (κ3) is 3.05. The monoisotopic (exact) mass is 284 g/mol. The Kier molecular flexibility index (Phi) is 4.74. The van der Waals surface area contributed by atoms with Crippen molar-refractivity contribution in [2.45, 2.75) is 18.6 Å². The zero-order valence-corrected chi connectivity index (χ0v) is 11.8. The third-order valence-electron chi connectivity index (χ3n) is 3.33. The summed E-state index contributed by atoms with van der Waals surface area (Å²) in [6, 6.07) is 1.65. The van der Waals surface area contributed by atoms with E-state index < -0.39 is 0 Å². The normalized spacial score (nSPS) is 22.8. The summed E-state index contributed by atoms with van der Waals surface area (Å²) in [5, 5.41) is 0.365. The van der Waals surface area contributed by atoms with Crippen LogP contribution in [-0.2, 0) is 9.47 Å². The fourth-order valence-corrected chi connectivity index (χ4v) is 2.55. The first-order valence-electron chi connectivity index (χ1n) is 6.09. The number of carbonyl (C=O) groups excluding carboxylic acids is 1. The fraction of sp³-hybridized carbons (Fsp3) is 0.538. The Morgan fingerprint density at radius 2 is 2.37 bits per heavy atom. The van der Waals surface area contributed by atoms with Gasteiger partial charge in [-0.1, -0.05) is 11.6 Å². The first-order chi connectivity index (χ1) is 9.17. The Morgan fingerprint density at radius 3 is 3.00 bits per heavy atom. The van der Waals surface area contributed by atoms with Gasteiger partial charge in [-0.05, 0) is 12.5 Å². The van der Waals surface area contributed by atoms with Crippen LogP contribution in [0.5, 0.6) is 0 Å². The lowest BCUT2D eigenvalue weighted by Crippen LogP contribution is -2.38. The number of aromatic nitrogens is 1. The van der Waals surface area contributed by atoms with Crippen LogP contribution in [0.25, 0.3) is 0 Å². The van der Waals surface area contributed by atoms with Gasteiger partial charge in [0.25, 0.3) is 5.91 Å². The molecule has 1 saturated heterocycles. The van der Waals surface area contributed by atoms with Crippen LogP contribution in [0.1, 0.15) is 16.8 Å². The van der Waals surface area contributed by atoms with Gasteiger partial charge in [-0.3, -0.25) is 9.78 Å². The van der Waals surface area contributed by atoms with Gasteiger partial charge in [0.1, 0.15) is 0 Å². The average molecular weight is 285 g/mol. The number of rotatable bonds is 4. The van der Waals surface area contributed by atoms with Crippen LogP contribution in [-0.4, -0.2) is 55.3 Å². The molecular weight excluding hydrogens is 268 g/mol. The van der Waals surface area contributed by atoms with Gasteiger partial charge in [-0.25, -0.2) is 0 Å². The van der Waals surface area contributed by atoms with Crippen LogP contribution in [0, 0.1) is 0 Å². The second kappa shape index (κ2) is 6.32. The number of halogens is 1. The SMILES string of the molecule is COC[C@@H]1C[C@@H](OC)CN1C(=O)c1ccncc1Cl. The maximum absolute atomic E-state index is 12.5. The highest BCUT2D eigenvalue weighted by atomic mass is 35.5. The highest BCUT2D eigenvalue weighted by molar-refractivity contribution is 6.33. The van der Waals surface area contributed by atoms with Gasteiger partial charge in [-0.15, -0.1) is 0 Å². The van der Waals surface area contributed by atoms with Gasteiger partial charge in [0.2, 0.25) is 0 Å². The summed E-state index contributed by atoms with van der Waals surface area (Å²) in [4.78, 5) is 18.2. The number of methoxy groups -OCH3 is 2. The zero-order valence-electron chi connectivity index (χ0n) is 11.0. The van der Waals surface area contributed by atoms with Gasteiger partial charge >= 0.3 is 0 Å². The Morgan fingerprint density at radius 1 is 1.58 bits per heavy atom. The number of pyridine rings is 1. The molecule has 5 nitrogen and oxygen atoms in total. The minimum absolute atomic E-state index is 0.0201. The molecule has 0 aromatic carbocycles. The maximum atomic E-state index is 12.5. The lowest BCUT2D eigenvalue weighted by molar-refractivity contribution is 0.0612. The molecule has 2 rings (SSSR count). The Hall–Kier alpha value is -1.17. The molecular formula is C13H17ClN2O3. The number of carbonyl (C=O) groups is 1. The summed E-state index contributed by atoms with van der Waals surface area (Å²) in [6.07, 6.45) is 3.86. The second-order valence-electron chi connectivity index (χ2n) is 4.52. The van der Waals surface area contributed by atoms with E-state index in [1.54, 1.807) is 31.4 Å². The molecule has 104 valence electrons. The van der Waals surface area contributed by atoms with Crippen molar-refractivity contribution in [3.05, 3.63) is 29.0 Å². The number of amides is 1. The van der Waals surface area contributed by atoms with Crippen molar-refractivity contribution >= 4 is 17.5 Å². The van der Waals surface area contributed by atoms with E-state index in [0.29, 0.717) is 23.7 Å². The molecule has 0 spiro atoms. The van der Waals surface area contributed by atoms with Crippen LogP contribution in [0.2, 0.25) is 5.02 Å². The van der Waals surface area contributed by atoms with Crippen LogP contribution in [0.3, 0.4) is 0 Å². The van der Waals surface area contributed by atoms with Crippen molar-refractivity contribution in [1.82, 2.24) is 9.88 Å². The average Bonchev–Trinajstić information content (AvgIpc) is 2.82. The minimum atomic E-state index is -0.103. The quantitative estimate of drug-likeness (QED) is 0.843. The lowest BCUT2D eigenvalue weighted by atomic mass is 10.2. The first-order valence-corrected chi connectivity index (χ1v) is 6.47. The number of likely N-dealkylation sites (tertiary alicyclic amines) is 1. The maximum Gasteiger partial charge on any atom is 0.255 e. The molecule has 1 amide bonds. The topological polar surface area (TPSA) is 51.7 Å². The van der Waals surface area contributed by atoms with Crippen molar-refractivity contribution in [2.75, 3.05) is 27.4 Å². The van der Waals surface area contributed by atoms with Crippen LogP contribution >= 0.6 is 11.6 Å². The van der Waals surface area contributed by atoms with Gasteiger partial charge in [0.05, 0.1) is 29.3 Å². The molecule has 0 saturated carbocycles. The largest absolute Gasteiger partial charge is 0.383 e. The van der Waals surface area contributed by atoms with Crippen molar-refractivity contribution in [3.63, 3.8) is 0 Å². The van der Waals surface area contributed by atoms with E-state index in [9.17, 15) is 4.79 Å². The highest BCUT2D eigenvalue weighted by Crippen LogP contribution is 2.25. The molecule has 0 aliphatic carbocycles. The molecule has 1 aliphatic rings. The van der Waals surface area contributed by atoms with Crippen LogP contribution in [0.15, 0.2) is 18.5 Å². The Balaban J connectivity index is 2.19. The molecule has 2 atom stereocenters. The molecule has 0 radical (unpaired) electrons. The molecule has 19 heavy (non-hydrogen) atoms. The van der Waals surface area contributed by atoms with Crippen molar-refractivity contribution in [1.29, 1.82) is 0 Å². The number of hydrogen-bond acceptors (Lipinski definition) is 4. The fourth-order valence-electron chi connectivity index (χ4n) is 2.35. The molecule has 1 aromatic rings. The molecule has 1 fully saturated rings.